The summed E-state index contributed by atoms with van der Waals surface area (Å²) in [5.41, 5.74) is 3.42. The number of anilines is 1. The molecule has 0 aliphatic carbocycles. The molecule has 5 heteroatoms. The fourth-order valence-electron chi connectivity index (χ4n) is 3.21. The Morgan fingerprint density at radius 1 is 0.929 bits per heavy atom. The number of carbonyl (C=O) groups is 1. The molecule has 0 unspecified atom stereocenters. The van der Waals surface area contributed by atoms with Crippen molar-refractivity contribution in [1.29, 1.82) is 0 Å². The van der Waals surface area contributed by atoms with E-state index in [1.807, 2.05) is 37.4 Å². The third-order valence-electron chi connectivity index (χ3n) is 4.91. The Kier molecular flexibility index (Phi) is 6.23. The predicted molar refractivity (Wildman–Crippen MR) is 117 cm³/mol. The fourth-order valence-corrected chi connectivity index (χ4v) is 4.36. The number of hydrogen-bond acceptors (Lipinski definition) is 4. The first-order chi connectivity index (χ1) is 13.2. The molecule has 0 bridgehead atoms. The van der Waals surface area contributed by atoms with E-state index in [2.05, 4.69) is 61.2 Å². The van der Waals surface area contributed by atoms with Gasteiger partial charge in [-0.05, 0) is 63.9 Å². The predicted octanol–water partition coefficient (Wildman–Crippen LogP) is 5.51. The van der Waals surface area contributed by atoms with E-state index in [9.17, 15) is 4.79 Å². The maximum atomic E-state index is 12.3. The van der Waals surface area contributed by atoms with Crippen LogP contribution in [0.3, 0.4) is 0 Å². The molecule has 1 saturated heterocycles. The van der Waals surface area contributed by atoms with Crippen LogP contribution >= 0.6 is 11.8 Å². The van der Waals surface area contributed by atoms with Crippen molar-refractivity contribution in [3.63, 3.8) is 0 Å². The van der Waals surface area contributed by atoms with Gasteiger partial charge >= 0.3 is 6.09 Å². The van der Waals surface area contributed by atoms with Crippen molar-refractivity contribution in [3.8, 4) is 0 Å². The average molecular weight is 399 g/mol. The fraction of sp³-hybridized carbons (Fsp3) is 0.435. The number of para-hydroxylation sites is 1. The van der Waals surface area contributed by atoms with Gasteiger partial charge in [-0.1, -0.05) is 36.0 Å². The van der Waals surface area contributed by atoms with Gasteiger partial charge < -0.3 is 14.5 Å². The average Bonchev–Trinajstić information content (AvgIpc) is 2.65. The lowest BCUT2D eigenvalue weighted by atomic mass is 10.1. The first-order valence-electron chi connectivity index (χ1n) is 9.80. The molecule has 1 aliphatic heterocycles. The molecule has 0 radical (unpaired) electrons. The molecule has 1 fully saturated rings. The second-order valence-electron chi connectivity index (χ2n) is 8.22. The highest BCUT2D eigenvalue weighted by Crippen LogP contribution is 2.37. The zero-order valence-corrected chi connectivity index (χ0v) is 18.3. The molecule has 0 atom stereocenters. The third kappa shape index (κ3) is 5.02. The summed E-state index contributed by atoms with van der Waals surface area (Å²) in [6.07, 6.45) is -0.217. The summed E-state index contributed by atoms with van der Waals surface area (Å²) in [6.45, 7) is 13.0. The molecule has 3 rings (SSSR count). The van der Waals surface area contributed by atoms with Crippen LogP contribution in [0.5, 0.6) is 0 Å². The van der Waals surface area contributed by atoms with E-state index in [1.165, 1.54) is 26.6 Å². The molecule has 1 aliphatic rings. The van der Waals surface area contributed by atoms with Crippen LogP contribution in [0.25, 0.3) is 0 Å². The van der Waals surface area contributed by atoms with E-state index < -0.39 is 5.60 Å². The van der Waals surface area contributed by atoms with Gasteiger partial charge in [-0.2, -0.15) is 0 Å². The number of nitrogens with zero attached hydrogens (tertiary/aromatic N) is 2. The second-order valence-corrected chi connectivity index (χ2v) is 9.31. The molecule has 0 aromatic heterocycles. The molecule has 0 N–H and O–H groups in total. The molecule has 2 aromatic carbocycles. The number of ether oxygens (including phenoxy) is 1. The van der Waals surface area contributed by atoms with Gasteiger partial charge in [-0.25, -0.2) is 4.79 Å². The van der Waals surface area contributed by atoms with E-state index in [4.69, 9.17) is 4.74 Å². The van der Waals surface area contributed by atoms with E-state index in [0.29, 0.717) is 13.1 Å². The Balaban J connectivity index is 1.71. The quantitative estimate of drug-likeness (QED) is 0.682. The molecule has 2 aromatic rings. The zero-order valence-electron chi connectivity index (χ0n) is 17.5. The van der Waals surface area contributed by atoms with Gasteiger partial charge in [0.25, 0.3) is 0 Å². The Hall–Kier alpha value is -2.14. The van der Waals surface area contributed by atoms with Crippen molar-refractivity contribution >= 4 is 23.5 Å². The zero-order chi connectivity index (χ0) is 20.3. The van der Waals surface area contributed by atoms with Gasteiger partial charge in [0.05, 0.1) is 5.69 Å². The summed E-state index contributed by atoms with van der Waals surface area (Å²) in [4.78, 5) is 19.0. The van der Waals surface area contributed by atoms with E-state index >= 15 is 0 Å². The molecule has 0 saturated carbocycles. The topological polar surface area (TPSA) is 32.8 Å². The van der Waals surface area contributed by atoms with Crippen molar-refractivity contribution in [3.05, 3.63) is 53.6 Å². The molecular weight excluding hydrogens is 368 g/mol. The number of piperazine rings is 1. The minimum Gasteiger partial charge on any atom is -0.444 e. The Morgan fingerprint density at radius 3 is 2.25 bits per heavy atom. The van der Waals surface area contributed by atoms with E-state index in [-0.39, 0.29) is 6.09 Å². The van der Waals surface area contributed by atoms with Crippen LogP contribution < -0.4 is 4.90 Å². The number of aryl methyl sites for hydroxylation is 1. The first kappa shape index (κ1) is 20.6. The van der Waals surface area contributed by atoms with Crippen LogP contribution in [0.15, 0.2) is 52.3 Å². The largest absolute Gasteiger partial charge is 0.444 e. The third-order valence-corrected chi connectivity index (χ3v) is 6.14. The van der Waals surface area contributed by atoms with Crippen LogP contribution in [0.2, 0.25) is 0 Å². The summed E-state index contributed by atoms with van der Waals surface area (Å²) < 4.78 is 5.51. The summed E-state index contributed by atoms with van der Waals surface area (Å²) in [5.74, 6) is 0. The van der Waals surface area contributed by atoms with Gasteiger partial charge in [0, 0.05) is 36.0 Å². The molecule has 28 heavy (non-hydrogen) atoms. The molecule has 150 valence electrons. The Labute approximate surface area is 172 Å². The maximum absolute atomic E-state index is 12.3. The van der Waals surface area contributed by atoms with Crippen molar-refractivity contribution in [1.82, 2.24) is 4.90 Å². The molecule has 4 nitrogen and oxygen atoms in total. The molecular formula is C23H30N2O2S. The van der Waals surface area contributed by atoms with Gasteiger partial charge in [-0.15, -0.1) is 0 Å². The summed E-state index contributed by atoms with van der Waals surface area (Å²) >= 11 is 1.82. The summed E-state index contributed by atoms with van der Waals surface area (Å²) in [7, 11) is 0. The number of benzene rings is 2. The highest BCUT2D eigenvalue weighted by molar-refractivity contribution is 7.99. The van der Waals surface area contributed by atoms with Gasteiger partial charge in [0.15, 0.2) is 0 Å². The van der Waals surface area contributed by atoms with E-state index in [0.717, 1.165) is 13.1 Å². The molecule has 1 heterocycles. The van der Waals surface area contributed by atoms with Crippen molar-refractivity contribution in [2.24, 2.45) is 0 Å². The smallest absolute Gasteiger partial charge is 0.410 e. The number of carbonyl (C=O) groups excluding carboxylic acids is 1. The van der Waals surface area contributed by atoms with Gasteiger partial charge in [0.1, 0.15) is 5.60 Å². The lowest BCUT2D eigenvalue weighted by Gasteiger charge is -2.37. The first-order valence-corrected chi connectivity index (χ1v) is 10.6. The number of hydrogen-bond donors (Lipinski definition) is 0. The van der Waals surface area contributed by atoms with Crippen molar-refractivity contribution in [2.45, 2.75) is 50.0 Å². The second kappa shape index (κ2) is 8.48. The lowest BCUT2D eigenvalue weighted by Crippen LogP contribution is -2.50. The minimum atomic E-state index is -0.455. The van der Waals surface area contributed by atoms with E-state index in [1.54, 1.807) is 0 Å². The number of rotatable bonds is 3. The van der Waals surface area contributed by atoms with Crippen LogP contribution in [0.4, 0.5) is 10.5 Å². The summed E-state index contributed by atoms with van der Waals surface area (Å²) in [6, 6.07) is 15.0. The monoisotopic (exact) mass is 398 g/mol. The summed E-state index contributed by atoms with van der Waals surface area (Å²) in [5, 5.41) is 0. The normalized spacial score (nSPS) is 14.9. The van der Waals surface area contributed by atoms with Crippen molar-refractivity contribution < 1.29 is 9.53 Å². The van der Waals surface area contributed by atoms with Gasteiger partial charge in [-0.3, -0.25) is 0 Å². The van der Waals surface area contributed by atoms with Crippen molar-refractivity contribution in [2.75, 3.05) is 31.1 Å². The maximum Gasteiger partial charge on any atom is 0.410 e. The molecule has 0 spiro atoms. The van der Waals surface area contributed by atoms with Crippen LogP contribution in [-0.4, -0.2) is 42.8 Å². The van der Waals surface area contributed by atoms with Crippen LogP contribution in [0.1, 0.15) is 31.9 Å². The SMILES string of the molecule is Cc1cccc(Sc2ccccc2N2CCN(C(=O)OC(C)(C)C)CC2)c1C. The lowest BCUT2D eigenvalue weighted by molar-refractivity contribution is 0.0240. The standard InChI is InChI=1S/C23H30N2O2S/c1-17-9-8-12-20(18(17)2)28-21-11-7-6-10-19(21)24-13-15-25(16-14-24)22(26)27-23(3,4)5/h6-12H,13-16H2,1-5H3. The highest BCUT2D eigenvalue weighted by Gasteiger charge is 2.26. The Morgan fingerprint density at radius 2 is 1.57 bits per heavy atom. The number of amides is 1. The molecule has 1 amide bonds. The highest BCUT2D eigenvalue weighted by atomic mass is 32.2. The van der Waals surface area contributed by atoms with Crippen LogP contribution in [0, 0.1) is 13.8 Å². The Bertz CT molecular complexity index is 837. The minimum absolute atomic E-state index is 0.217. The van der Waals surface area contributed by atoms with Crippen LogP contribution in [-0.2, 0) is 4.74 Å². The van der Waals surface area contributed by atoms with Gasteiger partial charge in [0.2, 0.25) is 0 Å².